The average Bonchev–Trinajstić information content (AvgIpc) is 2.54. The van der Waals surface area contributed by atoms with Gasteiger partial charge in [-0.2, -0.15) is 0 Å². The standard InChI is InChI=1S/C18H19ClN2O4/c1-10-4-6-13(17(20)22)16(8-10)25-11(2)18(23)21-14-9-12(19)5-7-15(14)24-3/h4-9,11H,1-3H3,(H2,20,22)(H,21,23)/t11-/m1/s1. The Hall–Kier alpha value is -2.73. The van der Waals surface area contributed by atoms with Crippen LogP contribution in [0.5, 0.6) is 11.5 Å². The molecule has 6 nitrogen and oxygen atoms in total. The molecule has 0 aromatic heterocycles. The van der Waals surface area contributed by atoms with Crippen molar-refractivity contribution in [3.05, 3.63) is 52.5 Å². The van der Waals surface area contributed by atoms with Gasteiger partial charge in [-0.15, -0.1) is 0 Å². The lowest BCUT2D eigenvalue weighted by Crippen LogP contribution is -2.31. The molecule has 0 fully saturated rings. The molecule has 0 bridgehead atoms. The molecule has 1 atom stereocenters. The van der Waals surface area contributed by atoms with Crippen LogP contribution in [0.25, 0.3) is 0 Å². The molecule has 0 heterocycles. The van der Waals surface area contributed by atoms with Crippen molar-refractivity contribution in [3.63, 3.8) is 0 Å². The first-order valence-corrected chi connectivity index (χ1v) is 7.91. The maximum Gasteiger partial charge on any atom is 0.265 e. The first kappa shape index (κ1) is 18.6. The van der Waals surface area contributed by atoms with Crippen LogP contribution in [-0.2, 0) is 4.79 Å². The van der Waals surface area contributed by atoms with E-state index in [-0.39, 0.29) is 11.3 Å². The molecule has 3 N–H and O–H groups in total. The number of rotatable bonds is 6. The van der Waals surface area contributed by atoms with E-state index in [0.717, 1.165) is 5.56 Å². The number of halogens is 1. The van der Waals surface area contributed by atoms with Crippen molar-refractivity contribution in [2.24, 2.45) is 5.73 Å². The maximum absolute atomic E-state index is 12.4. The molecular formula is C18H19ClN2O4. The lowest BCUT2D eigenvalue weighted by Gasteiger charge is -2.18. The normalized spacial score (nSPS) is 11.5. The Morgan fingerprint density at radius 1 is 1.16 bits per heavy atom. The minimum atomic E-state index is -0.872. The predicted molar refractivity (Wildman–Crippen MR) is 96.4 cm³/mol. The van der Waals surface area contributed by atoms with E-state index in [1.165, 1.54) is 7.11 Å². The maximum atomic E-state index is 12.4. The van der Waals surface area contributed by atoms with Gasteiger partial charge in [0.05, 0.1) is 18.4 Å². The molecule has 2 rings (SSSR count). The number of nitrogens with two attached hydrogens (primary N) is 1. The van der Waals surface area contributed by atoms with E-state index in [2.05, 4.69) is 5.32 Å². The second kappa shape index (κ2) is 7.90. The van der Waals surface area contributed by atoms with Crippen LogP contribution in [0.3, 0.4) is 0 Å². The number of carbonyl (C=O) groups is 2. The average molecular weight is 363 g/mol. The number of anilines is 1. The Kier molecular flexibility index (Phi) is 5.88. The number of aryl methyl sites for hydroxylation is 1. The molecular weight excluding hydrogens is 344 g/mol. The Balaban J connectivity index is 2.18. The van der Waals surface area contributed by atoms with Crippen LogP contribution in [0.1, 0.15) is 22.8 Å². The molecule has 0 saturated heterocycles. The number of ether oxygens (including phenoxy) is 2. The predicted octanol–water partition coefficient (Wildman–Crippen LogP) is 3.16. The zero-order chi connectivity index (χ0) is 18.6. The monoisotopic (exact) mass is 362 g/mol. The van der Waals surface area contributed by atoms with Crippen LogP contribution < -0.4 is 20.5 Å². The van der Waals surface area contributed by atoms with Gasteiger partial charge in [-0.3, -0.25) is 9.59 Å². The van der Waals surface area contributed by atoms with Gasteiger partial charge in [0.1, 0.15) is 11.5 Å². The first-order valence-electron chi connectivity index (χ1n) is 7.53. The van der Waals surface area contributed by atoms with Gasteiger partial charge in [0, 0.05) is 5.02 Å². The Morgan fingerprint density at radius 2 is 1.88 bits per heavy atom. The molecule has 132 valence electrons. The van der Waals surface area contributed by atoms with Crippen molar-refractivity contribution >= 4 is 29.1 Å². The van der Waals surface area contributed by atoms with E-state index >= 15 is 0 Å². The van der Waals surface area contributed by atoms with Gasteiger partial charge in [0.25, 0.3) is 11.8 Å². The third-order valence-corrected chi connectivity index (χ3v) is 3.73. The van der Waals surface area contributed by atoms with E-state index in [9.17, 15) is 9.59 Å². The molecule has 0 unspecified atom stereocenters. The molecule has 7 heteroatoms. The highest BCUT2D eigenvalue weighted by Crippen LogP contribution is 2.28. The summed E-state index contributed by atoms with van der Waals surface area (Å²) >= 11 is 5.95. The Bertz CT molecular complexity index is 808. The lowest BCUT2D eigenvalue weighted by molar-refractivity contribution is -0.122. The van der Waals surface area contributed by atoms with Crippen molar-refractivity contribution in [1.29, 1.82) is 0 Å². The van der Waals surface area contributed by atoms with Gasteiger partial charge in [0.15, 0.2) is 6.10 Å². The molecule has 0 radical (unpaired) electrons. The molecule has 0 spiro atoms. The second-order valence-corrected chi connectivity index (χ2v) is 5.89. The Morgan fingerprint density at radius 3 is 2.52 bits per heavy atom. The fraction of sp³-hybridized carbons (Fsp3) is 0.222. The highest BCUT2D eigenvalue weighted by Gasteiger charge is 2.19. The summed E-state index contributed by atoms with van der Waals surface area (Å²) in [7, 11) is 1.49. The van der Waals surface area contributed by atoms with E-state index < -0.39 is 17.9 Å². The fourth-order valence-electron chi connectivity index (χ4n) is 2.19. The van der Waals surface area contributed by atoms with Crippen LogP contribution in [0.2, 0.25) is 5.02 Å². The summed E-state index contributed by atoms with van der Waals surface area (Å²) in [5.74, 6) is -0.317. The summed E-state index contributed by atoms with van der Waals surface area (Å²) in [4.78, 5) is 23.9. The van der Waals surface area contributed by atoms with Crippen molar-refractivity contribution < 1.29 is 19.1 Å². The van der Waals surface area contributed by atoms with Gasteiger partial charge in [-0.1, -0.05) is 17.7 Å². The molecule has 2 aromatic rings. The van der Waals surface area contributed by atoms with Gasteiger partial charge in [-0.25, -0.2) is 0 Å². The summed E-state index contributed by atoms with van der Waals surface area (Å²) in [5.41, 5.74) is 6.86. The minimum Gasteiger partial charge on any atom is -0.495 e. The van der Waals surface area contributed by atoms with Crippen LogP contribution in [0.4, 0.5) is 5.69 Å². The summed E-state index contributed by atoms with van der Waals surface area (Å²) in [5, 5.41) is 3.15. The lowest BCUT2D eigenvalue weighted by atomic mass is 10.1. The quantitative estimate of drug-likeness (QED) is 0.825. The Labute approximate surface area is 150 Å². The van der Waals surface area contributed by atoms with E-state index in [1.54, 1.807) is 43.3 Å². The third kappa shape index (κ3) is 4.64. The van der Waals surface area contributed by atoms with Crippen molar-refractivity contribution in [2.75, 3.05) is 12.4 Å². The molecule has 0 aliphatic carbocycles. The largest absolute Gasteiger partial charge is 0.495 e. The van der Waals surface area contributed by atoms with Crippen LogP contribution >= 0.6 is 11.6 Å². The van der Waals surface area contributed by atoms with Gasteiger partial charge >= 0.3 is 0 Å². The molecule has 0 saturated carbocycles. The van der Waals surface area contributed by atoms with Gasteiger partial charge < -0.3 is 20.5 Å². The van der Waals surface area contributed by atoms with E-state index in [0.29, 0.717) is 16.5 Å². The summed E-state index contributed by atoms with van der Waals surface area (Å²) < 4.78 is 10.8. The van der Waals surface area contributed by atoms with Gasteiger partial charge in [-0.05, 0) is 49.7 Å². The smallest absolute Gasteiger partial charge is 0.265 e. The molecule has 25 heavy (non-hydrogen) atoms. The molecule has 2 aromatic carbocycles. The number of methoxy groups -OCH3 is 1. The highest BCUT2D eigenvalue weighted by molar-refractivity contribution is 6.31. The highest BCUT2D eigenvalue weighted by atomic mass is 35.5. The van der Waals surface area contributed by atoms with Crippen LogP contribution in [0.15, 0.2) is 36.4 Å². The van der Waals surface area contributed by atoms with Crippen LogP contribution in [0, 0.1) is 6.92 Å². The zero-order valence-corrected chi connectivity index (χ0v) is 14.9. The SMILES string of the molecule is COc1ccc(Cl)cc1NC(=O)[C@@H](C)Oc1cc(C)ccc1C(N)=O. The first-order chi connectivity index (χ1) is 11.8. The van der Waals surface area contributed by atoms with Crippen molar-refractivity contribution in [1.82, 2.24) is 0 Å². The number of nitrogens with one attached hydrogen (secondary N) is 1. The number of benzene rings is 2. The molecule has 0 aliphatic heterocycles. The summed E-state index contributed by atoms with van der Waals surface area (Å²) in [6.45, 7) is 3.42. The number of carbonyl (C=O) groups excluding carboxylic acids is 2. The van der Waals surface area contributed by atoms with Crippen LogP contribution in [-0.4, -0.2) is 25.0 Å². The molecule has 2 amide bonds. The summed E-state index contributed by atoms with van der Waals surface area (Å²) in [6.07, 6.45) is -0.872. The van der Waals surface area contributed by atoms with E-state index in [4.69, 9.17) is 26.8 Å². The second-order valence-electron chi connectivity index (χ2n) is 5.46. The zero-order valence-electron chi connectivity index (χ0n) is 14.1. The minimum absolute atomic E-state index is 0.214. The third-order valence-electron chi connectivity index (χ3n) is 3.49. The number of amides is 2. The van der Waals surface area contributed by atoms with Gasteiger partial charge in [0.2, 0.25) is 0 Å². The topological polar surface area (TPSA) is 90.7 Å². The van der Waals surface area contributed by atoms with Crippen molar-refractivity contribution in [2.45, 2.75) is 20.0 Å². The summed E-state index contributed by atoms with van der Waals surface area (Å²) in [6, 6.07) is 9.85. The number of primary amides is 1. The number of hydrogen-bond donors (Lipinski definition) is 2. The fourth-order valence-corrected chi connectivity index (χ4v) is 2.36. The molecule has 0 aliphatic rings. The van der Waals surface area contributed by atoms with Crippen molar-refractivity contribution in [3.8, 4) is 11.5 Å². The number of hydrogen-bond acceptors (Lipinski definition) is 4. The van der Waals surface area contributed by atoms with E-state index in [1.807, 2.05) is 6.92 Å².